The van der Waals surface area contributed by atoms with Crippen molar-refractivity contribution in [1.29, 1.82) is 0 Å². The van der Waals surface area contributed by atoms with E-state index < -0.39 is 0 Å². The van der Waals surface area contributed by atoms with Gasteiger partial charge in [0.15, 0.2) is 17.3 Å². The number of nitrogens with two attached hydrogens (primary N) is 1. The number of fused-ring (bicyclic) bond motifs is 2. The molecule has 0 atom stereocenters. The minimum absolute atomic E-state index is 0.0748. The molecule has 0 saturated heterocycles. The highest BCUT2D eigenvalue weighted by atomic mass is 16.1. The fraction of sp³-hybridized carbons (Fsp3) is 0.214. The maximum Gasteiger partial charge on any atom is 0.294 e. The molecule has 1 aliphatic carbocycles. The summed E-state index contributed by atoms with van der Waals surface area (Å²) >= 11 is 0. The Morgan fingerprint density at radius 3 is 2.81 bits per heavy atom. The first-order valence-corrected chi connectivity index (χ1v) is 6.75. The number of aliphatic imine (C=N–C) groups is 1. The molecule has 4 rings (SSSR count). The van der Waals surface area contributed by atoms with Crippen molar-refractivity contribution >= 4 is 23.0 Å². The number of hydrogen-bond donors (Lipinski definition) is 2. The standard InChI is InChI=1S/C14H13N5O2/c15-13-12(14(21)19-7-1-6-18(13)19)17-9-2-3-10(20)8-4-5-16-11(8)9/h2-5,16H,1,6-7,15H2. The molecular formula is C14H13N5O2. The van der Waals surface area contributed by atoms with E-state index in [1.807, 2.05) is 0 Å². The largest absolute Gasteiger partial charge is 0.382 e. The van der Waals surface area contributed by atoms with Crippen molar-refractivity contribution in [1.82, 2.24) is 14.3 Å². The van der Waals surface area contributed by atoms with Crippen LogP contribution in [-0.2, 0) is 13.1 Å². The molecule has 0 unspecified atom stereocenters. The highest BCUT2D eigenvalue weighted by molar-refractivity contribution is 6.23. The number of rotatable bonds is 1. The Labute approximate surface area is 119 Å². The van der Waals surface area contributed by atoms with Crippen LogP contribution in [0.2, 0.25) is 0 Å². The summed E-state index contributed by atoms with van der Waals surface area (Å²) < 4.78 is 3.37. The highest BCUT2D eigenvalue weighted by Gasteiger charge is 2.23. The van der Waals surface area contributed by atoms with Gasteiger partial charge in [-0.05, 0) is 24.6 Å². The maximum atomic E-state index is 12.3. The number of nitrogens with zero attached hydrogens (tertiary/aromatic N) is 3. The Morgan fingerprint density at radius 2 is 2.00 bits per heavy atom. The molecule has 2 aromatic rings. The molecule has 0 fully saturated rings. The molecule has 0 radical (unpaired) electrons. The Kier molecular flexibility index (Phi) is 2.32. The number of carbonyl (C=O) groups is 1. The number of allylic oxidation sites excluding steroid dienone is 2. The molecule has 0 aromatic carbocycles. The van der Waals surface area contributed by atoms with Crippen molar-refractivity contribution in [3.8, 4) is 0 Å². The third-order valence-electron chi connectivity index (χ3n) is 3.88. The Hall–Kier alpha value is -2.83. The van der Waals surface area contributed by atoms with Gasteiger partial charge in [-0.25, -0.2) is 9.67 Å². The summed E-state index contributed by atoms with van der Waals surface area (Å²) in [5.41, 5.74) is 7.81. The molecule has 106 valence electrons. The zero-order valence-corrected chi connectivity index (χ0v) is 11.2. The van der Waals surface area contributed by atoms with Gasteiger partial charge in [0.2, 0.25) is 0 Å². The number of hydrogen-bond acceptors (Lipinski definition) is 4. The highest BCUT2D eigenvalue weighted by Crippen LogP contribution is 2.24. The summed E-state index contributed by atoms with van der Waals surface area (Å²) in [6, 6.07) is 1.70. The van der Waals surface area contributed by atoms with Crippen LogP contribution in [0.1, 0.15) is 22.5 Å². The molecule has 0 amide bonds. The number of aromatic nitrogens is 3. The number of H-pyrrole nitrogens is 1. The minimum Gasteiger partial charge on any atom is -0.382 e. The monoisotopic (exact) mass is 283 g/mol. The first-order valence-electron chi connectivity index (χ1n) is 6.75. The number of carbonyl (C=O) groups excluding carboxylic acids is 1. The molecule has 7 nitrogen and oxygen atoms in total. The second-order valence-corrected chi connectivity index (χ2v) is 5.10. The summed E-state index contributed by atoms with van der Waals surface area (Å²) in [6.45, 7) is 1.39. The van der Waals surface area contributed by atoms with Crippen LogP contribution in [0.15, 0.2) is 34.2 Å². The molecule has 7 heteroatoms. The van der Waals surface area contributed by atoms with E-state index in [4.69, 9.17) is 5.73 Å². The third kappa shape index (κ3) is 1.57. The van der Waals surface area contributed by atoms with Crippen molar-refractivity contribution in [2.75, 3.05) is 5.73 Å². The van der Waals surface area contributed by atoms with E-state index >= 15 is 0 Å². The SMILES string of the molecule is Nc1c(N=C2C=CC(=O)c3cc[nH]c32)c(=O)n2n1CCC2. The van der Waals surface area contributed by atoms with Gasteiger partial charge in [-0.1, -0.05) is 0 Å². The second kappa shape index (κ2) is 4.08. The summed E-state index contributed by atoms with van der Waals surface area (Å²) in [5.74, 6) is 0.303. The first kappa shape index (κ1) is 12.0. The molecule has 2 aliphatic rings. The lowest BCUT2D eigenvalue weighted by Gasteiger charge is -2.07. The van der Waals surface area contributed by atoms with Crippen LogP contribution in [0.5, 0.6) is 0 Å². The van der Waals surface area contributed by atoms with E-state index in [1.54, 1.807) is 27.7 Å². The second-order valence-electron chi connectivity index (χ2n) is 5.10. The van der Waals surface area contributed by atoms with Crippen molar-refractivity contribution < 1.29 is 4.79 Å². The van der Waals surface area contributed by atoms with Crippen LogP contribution >= 0.6 is 0 Å². The minimum atomic E-state index is -0.184. The van der Waals surface area contributed by atoms with E-state index in [1.165, 1.54) is 6.08 Å². The zero-order valence-electron chi connectivity index (χ0n) is 11.2. The predicted molar refractivity (Wildman–Crippen MR) is 78.2 cm³/mol. The normalized spacial score (nSPS) is 18.3. The van der Waals surface area contributed by atoms with Crippen LogP contribution in [0.3, 0.4) is 0 Å². The molecular weight excluding hydrogens is 270 g/mol. The first-order chi connectivity index (χ1) is 10.2. The van der Waals surface area contributed by atoms with Crippen molar-refractivity contribution in [3.63, 3.8) is 0 Å². The lowest BCUT2D eigenvalue weighted by Crippen LogP contribution is -2.17. The van der Waals surface area contributed by atoms with Gasteiger partial charge >= 0.3 is 0 Å². The van der Waals surface area contributed by atoms with Gasteiger partial charge in [-0.2, -0.15) is 0 Å². The van der Waals surface area contributed by atoms with Crippen LogP contribution in [0.25, 0.3) is 0 Å². The van der Waals surface area contributed by atoms with Gasteiger partial charge in [-0.3, -0.25) is 14.3 Å². The third-order valence-corrected chi connectivity index (χ3v) is 3.88. The molecule has 0 bridgehead atoms. The van der Waals surface area contributed by atoms with Gasteiger partial charge in [0, 0.05) is 24.8 Å². The van der Waals surface area contributed by atoms with Crippen molar-refractivity contribution in [2.24, 2.45) is 4.99 Å². The molecule has 1 aliphatic heterocycles. The fourth-order valence-corrected chi connectivity index (χ4v) is 2.86. The summed E-state index contributed by atoms with van der Waals surface area (Å²) in [5, 5.41) is 0. The molecule has 3 heterocycles. The number of anilines is 1. The molecule has 0 saturated carbocycles. The summed E-state index contributed by atoms with van der Waals surface area (Å²) in [4.78, 5) is 31.4. The van der Waals surface area contributed by atoms with Crippen LogP contribution in [0.4, 0.5) is 11.5 Å². The van der Waals surface area contributed by atoms with Gasteiger partial charge in [-0.15, -0.1) is 0 Å². The predicted octanol–water partition coefficient (Wildman–Crippen LogP) is 0.837. The molecule has 21 heavy (non-hydrogen) atoms. The molecule has 0 spiro atoms. The van der Waals surface area contributed by atoms with Gasteiger partial charge in [0.25, 0.3) is 5.56 Å². The Balaban J connectivity index is 1.89. The average molecular weight is 283 g/mol. The van der Waals surface area contributed by atoms with Crippen LogP contribution in [-0.4, -0.2) is 25.8 Å². The lowest BCUT2D eigenvalue weighted by atomic mass is 10.0. The molecule has 2 aromatic heterocycles. The van der Waals surface area contributed by atoms with Crippen molar-refractivity contribution in [2.45, 2.75) is 19.5 Å². The van der Waals surface area contributed by atoms with E-state index in [0.29, 0.717) is 29.3 Å². The maximum absolute atomic E-state index is 12.3. The van der Waals surface area contributed by atoms with Gasteiger partial charge < -0.3 is 10.7 Å². The topological polar surface area (TPSA) is 98.2 Å². The quantitative estimate of drug-likeness (QED) is 0.811. The Morgan fingerprint density at radius 1 is 1.19 bits per heavy atom. The zero-order chi connectivity index (χ0) is 14.6. The summed E-state index contributed by atoms with van der Waals surface area (Å²) in [6.07, 6.45) is 5.65. The van der Waals surface area contributed by atoms with Crippen LogP contribution < -0.4 is 11.3 Å². The van der Waals surface area contributed by atoms with E-state index in [0.717, 1.165) is 13.0 Å². The number of nitrogen functional groups attached to an aromatic ring is 1. The fourth-order valence-electron chi connectivity index (χ4n) is 2.86. The van der Waals surface area contributed by atoms with E-state index in [9.17, 15) is 9.59 Å². The smallest absolute Gasteiger partial charge is 0.294 e. The number of ketones is 1. The molecule has 3 N–H and O–H groups in total. The number of aromatic amines is 1. The Bertz CT molecular complexity index is 878. The average Bonchev–Trinajstić information content (AvgIpc) is 3.17. The number of nitrogens with one attached hydrogen (secondary N) is 1. The summed E-state index contributed by atoms with van der Waals surface area (Å²) in [7, 11) is 0. The lowest BCUT2D eigenvalue weighted by molar-refractivity contribution is 0.104. The van der Waals surface area contributed by atoms with Crippen LogP contribution in [0, 0.1) is 0 Å². The van der Waals surface area contributed by atoms with E-state index in [2.05, 4.69) is 9.98 Å². The van der Waals surface area contributed by atoms with Gasteiger partial charge in [0.1, 0.15) is 0 Å². The van der Waals surface area contributed by atoms with Gasteiger partial charge in [0.05, 0.1) is 11.4 Å². The van der Waals surface area contributed by atoms with Crippen molar-refractivity contribution in [3.05, 3.63) is 46.0 Å². The van der Waals surface area contributed by atoms with E-state index in [-0.39, 0.29) is 17.0 Å².